The summed E-state index contributed by atoms with van der Waals surface area (Å²) >= 11 is 14.2. The van der Waals surface area contributed by atoms with Gasteiger partial charge in [0.05, 0.1) is 0 Å². The normalized spacial score (nSPS) is 26.8. The SMILES string of the molecule is Cl[SiH]1N(Cc2ccc(Br)cc2)C2CCCCC2N1Cc1ccc(Br)cc1. The van der Waals surface area contributed by atoms with Crippen LogP contribution in [0.4, 0.5) is 0 Å². The zero-order chi connectivity index (χ0) is 18.1. The smallest absolute Gasteiger partial charge is 0.292 e. The number of halogens is 3. The summed E-state index contributed by atoms with van der Waals surface area (Å²) < 4.78 is 7.56. The Hall–Kier alpha value is -0.173. The first-order valence-electron chi connectivity index (χ1n) is 9.26. The lowest BCUT2D eigenvalue weighted by Crippen LogP contribution is -2.40. The summed E-state index contributed by atoms with van der Waals surface area (Å²) in [6.07, 6.45) is 5.24. The van der Waals surface area contributed by atoms with Crippen molar-refractivity contribution in [1.82, 2.24) is 9.13 Å². The highest BCUT2D eigenvalue weighted by atomic mass is 79.9. The van der Waals surface area contributed by atoms with Gasteiger partial charge in [-0.05, 0) is 48.2 Å². The molecule has 1 aliphatic heterocycles. The second-order valence-electron chi connectivity index (χ2n) is 7.33. The van der Waals surface area contributed by atoms with Gasteiger partial charge in [-0.1, -0.05) is 69.0 Å². The van der Waals surface area contributed by atoms with E-state index in [0.717, 1.165) is 22.0 Å². The third-order valence-corrected chi connectivity index (χ3v) is 10.4. The van der Waals surface area contributed by atoms with Crippen LogP contribution in [-0.2, 0) is 13.1 Å². The molecule has 6 heteroatoms. The van der Waals surface area contributed by atoms with Gasteiger partial charge in [0, 0.05) is 34.1 Å². The van der Waals surface area contributed by atoms with Gasteiger partial charge < -0.3 is 0 Å². The molecule has 0 aromatic heterocycles. The molecule has 0 amide bonds. The first kappa shape index (κ1) is 19.2. The first-order valence-corrected chi connectivity index (χ1v) is 13.6. The molecule has 2 aliphatic rings. The molecular weight excluding hydrogens is 492 g/mol. The quantitative estimate of drug-likeness (QED) is 0.376. The van der Waals surface area contributed by atoms with Gasteiger partial charge >= 0.3 is 0 Å². The summed E-state index contributed by atoms with van der Waals surface area (Å²) in [6.45, 7) is 1.96. The molecule has 2 fully saturated rings. The van der Waals surface area contributed by atoms with Crippen LogP contribution < -0.4 is 0 Å². The molecule has 1 aliphatic carbocycles. The van der Waals surface area contributed by atoms with Crippen LogP contribution >= 0.6 is 42.9 Å². The van der Waals surface area contributed by atoms with E-state index in [9.17, 15) is 0 Å². The largest absolute Gasteiger partial charge is 0.294 e. The zero-order valence-electron chi connectivity index (χ0n) is 14.6. The van der Waals surface area contributed by atoms with Crippen molar-refractivity contribution in [3.63, 3.8) is 0 Å². The maximum absolute atomic E-state index is 7.15. The molecule has 1 saturated carbocycles. The maximum Gasteiger partial charge on any atom is 0.292 e. The number of nitrogens with zero attached hydrogens (tertiary/aromatic N) is 2. The van der Waals surface area contributed by atoms with Crippen LogP contribution in [0.3, 0.4) is 0 Å². The number of rotatable bonds is 4. The average molecular weight is 515 g/mol. The molecule has 2 atom stereocenters. The maximum atomic E-state index is 7.15. The fourth-order valence-corrected chi connectivity index (χ4v) is 8.60. The summed E-state index contributed by atoms with van der Waals surface area (Å²) in [4.78, 5) is 0. The predicted molar refractivity (Wildman–Crippen MR) is 118 cm³/mol. The minimum atomic E-state index is -1.64. The highest BCUT2D eigenvalue weighted by molar-refractivity contribution is 9.10. The molecule has 4 rings (SSSR count). The minimum absolute atomic E-state index is 0.622. The van der Waals surface area contributed by atoms with Crippen molar-refractivity contribution in [3.05, 3.63) is 68.6 Å². The third-order valence-electron chi connectivity index (χ3n) is 5.65. The summed E-state index contributed by atoms with van der Waals surface area (Å²) in [5, 5.41) is 0. The van der Waals surface area contributed by atoms with Crippen LogP contribution in [0.2, 0.25) is 0 Å². The number of fused-ring (bicyclic) bond motifs is 1. The van der Waals surface area contributed by atoms with Gasteiger partial charge in [0.15, 0.2) is 0 Å². The van der Waals surface area contributed by atoms with Gasteiger partial charge in [-0.2, -0.15) is 0 Å². The average Bonchev–Trinajstić information content (AvgIpc) is 2.91. The highest BCUT2D eigenvalue weighted by Gasteiger charge is 2.47. The van der Waals surface area contributed by atoms with E-state index in [1.165, 1.54) is 36.8 Å². The summed E-state index contributed by atoms with van der Waals surface area (Å²) in [7, 11) is -1.64. The monoisotopic (exact) mass is 512 g/mol. The van der Waals surface area contributed by atoms with Crippen molar-refractivity contribution < 1.29 is 0 Å². The van der Waals surface area contributed by atoms with Crippen molar-refractivity contribution >= 4 is 51.4 Å². The van der Waals surface area contributed by atoms with Crippen LogP contribution in [0.25, 0.3) is 0 Å². The van der Waals surface area contributed by atoms with E-state index in [2.05, 4.69) is 89.5 Å². The fourth-order valence-electron chi connectivity index (χ4n) is 4.36. The molecule has 0 radical (unpaired) electrons. The van der Waals surface area contributed by atoms with Gasteiger partial charge in [-0.3, -0.25) is 9.13 Å². The topological polar surface area (TPSA) is 6.48 Å². The van der Waals surface area contributed by atoms with Crippen molar-refractivity contribution in [3.8, 4) is 0 Å². The second-order valence-corrected chi connectivity index (χ2v) is 12.3. The van der Waals surface area contributed by atoms with Gasteiger partial charge in [-0.15, -0.1) is 11.1 Å². The first-order chi connectivity index (χ1) is 12.6. The molecule has 1 heterocycles. The second kappa shape index (κ2) is 8.46. The predicted octanol–water partition coefficient (Wildman–Crippen LogP) is 5.80. The van der Waals surface area contributed by atoms with E-state index >= 15 is 0 Å². The lowest BCUT2D eigenvalue weighted by Gasteiger charge is -2.33. The van der Waals surface area contributed by atoms with Crippen LogP contribution in [0.1, 0.15) is 36.8 Å². The molecule has 0 bridgehead atoms. The van der Waals surface area contributed by atoms with Gasteiger partial charge in [0.2, 0.25) is 0 Å². The molecule has 0 spiro atoms. The molecule has 2 unspecified atom stereocenters. The molecular formula is C20H23Br2ClN2Si. The molecule has 2 aromatic rings. The third kappa shape index (κ3) is 4.13. The summed E-state index contributed by atoms with van der Waals surface area (Å²) in [5.41, 5.74) is 2.72. The molecule has 2 nitrogen and oxygen atoms in total. The van der Waals surface area contributed by atoms with Crippen molar-refractivity contribution in [2.45, 2.75) is 50.9 Å². The summed E-state index contributed by atoms with van der Waals surface area (Å²) in [6, 6.07) is 18.7. The van der Waals surface area contributed by atoms with Crippen LogP contribution in [0.5, 0.6) is 0 Å². The highest BCUT2D eigenvalue weighted by Crippen LogP contribution is 2.38. The zero-order valence-corrected chi connectivity index (χ0v) is 19.7. The number of hydrogen-bond donors (Lipinski definition) is 0. The molecule has 2 aromatic carbocycles. The lowest BCUT2D eigenvalue weighted by atomic mass is 9.90. The Kier molecular flexibility index (Phi) is 6.23. The van der Waals surface area contributed by atoms with E-state index in [1.54, 1.807) is 0 Å². The van der Waals surface area contributed by atoms with Crippen molar-refractivity contribution in [2.75, 3.05) is 0 Å². The van der Waals surface area contributed by atoms with Crippen molar-refractivity contribution in [1.29, 1.82) is 0 Å². The van der Waals surface area contributed by atoms with Gasteiger partial charge in [0.25, 0.3) is 8.43 Å². The van der Waals surface area contributed by atoms with E-state index in [1.807, 2.05) is 0 Å². The van der Waals surface area contributed by atoms with Gasteiger partial charge in [-0.25, -0.2) is 0 Å². The van der Waals surface area contributed by atoms with Crippen molar-refractivity contribution in [2.24, 2.45) is 0 Å². The summed E-state index contributed by atoms with van der Waals surface area (Å²) in [5.74, 6) is 0. The van der Waals surface area contributed by atoms with E-state index in [0.29, 0.717) is 12.1 Å². The minimum Gasteiger partial charge on any atom is -0.294 e. The fraction of sp³-hybridized carbons (Fsp3) is 0.400. The van der Waals surface area contributed by atoms with E-state index in [4.69, 9.17) is 11.1 Å². The lowest BCUT2D eigenvalue weighted by molar-refractivity contribution is 0.197. The van der Waals surface area contributed by atoms with Crippen LogP contribution in [0, 0.1) is 0 Å². The van der Waals surface area contributed by atoms with Gasteiger partial charge in [0.1, 0.15) is 0 Å². The Bertz CT molecular complexity index is 677. The Morgan fingerprint density at radius 1 is 0.769 bits per heavy atom. The van der Waals surface area contributed by atoms with Crippen LogP contribution in [-0.4, -0.2) is 29.6 Å². The number of hydrogen-bond acceptors (Lipinski definition) is 2. The van der Waals surface area contributed by atoms with Crippen LogP contribution in [0.15, 0.2) is 57.5 Å². The molecule has 1 saturated heterocycles. The molecule has 0 N–H and O–H groups in total. The Morgan fingerprint density at radius 3 is 1.54 bits per heavy atom. The van der Waals surface area contributed by atoms with E-state index < -0.39 is 8.43 Å². The van der Waals surface area contributed by atoms with E-state index in [-0.39, 0.29) is 0 Å². The molecule has 26 heavy (non-hydrogen) atoms. The Labute approximate surface area is 179 Å². The standard InChI is InChI=1S/C20H23Br2ClN2Si/c21-17-9-5-15(6-10-17)13-24-19-3-1-2-4-20(19)25(26(24)23)14-16-7-11-18(22)12-8-16/h5-12,19-20,26H,1-4,13-14H2. The number of benzene rings is 2. The Morgan fingerprint density at radius 2 is 1.15 bits per heavy atom. The Balaban J connectivity index is 1.55. The molecule has 138 valence electrons.